The zero-order valence-electron chi connectivity index (χ0n) is 21.8. The number of hydrogen-bond donors (Lipinski definition) is 0. The first kappa shape index (κ1) is 25.8. The van der Waals surface area contributed by atoms with E-state index in [1.165, 1.54) is 7.11 Å². The van der Waals surface area contributed by atoms with Crippen LogP contribution in [-0.2, 0) is 11.8 Å². The van der Waals surface area contributed by atoms with Crippen LogP contribution in [0.5, 0.6) is 23.0 Å². The lowest BCUT2D eigenvalue weighted by atomic mass is 9.55. The molecule has 0 saturated heterocycles. The monoisotopic (exact) mass is 501 g/mol. The van der Waals surface area contributed by atoms with Crippen molar-refractivity contribution in [3.63, 3.8) is 0 Å². The number of carbonyl (C=O) groups excluding carboxylic acids is 1. The number of methoxy groups -OCH3 is 3. The first-order valence-electron chi connectivity index (χ1n) is 12.1. The minimum absolute atomic E-state index is 0.0426. The highest BCUT2D eigenvalue weighted by Gasteiger charge is 2.55. The van der Waals surface area contributed by atoms with E-state index in [2.05, 4.69) is 55.5 Å². The fourth-order valence-electron chi connectivity index (χ4n) is 6.05. The molecule has 36 heavy (non-hydrogen) atoms. The number of Topliss-reactive ketones (excluding diaryl/α,β-unsaturated/α-hetero) is 1. The van der Waals surface area contributed by atoms with E-state index < -0.39 is 5.41 Å². The molecule has 0 spiro atoms. The Morgan fingerprint density at radius 1 is 0.778 bits per heavy atom. The van der Waals surface area contributed by atoms with Crippen molar-refractivity contribution >= 4 is 16.3 Å². The molecule has 1 atom stereocenters. The molecule has 3 aromatic rings. The van der Waals surface area contributed by atoms with E-state index in [-0.39, 0.29) is 22.9 Å². The summed E-state index contributed by atoms with van der Waals surface area (Å²) in [5, 5.41) is 0. The van der Waals surface area contributed by atoms with Crippen molar-refractivity contribution in [1.82, 2.24) is 0 Å². The molecule has 4 rings (SSSR count). The summed E-state index contributed by atoms with van der Waals surface area (Å²) in [7, 11) is 7.90. The van der Waals surface area contributed by atoms with Crippen molar-refractivity contribution in [2.45, 2.75) is 39.0 Å². The van der Waals surface area contributed by atoms with Crippen molar-refractivity contribution in [1.29, 1.82) is 0 Å². The number of carbonyl (C=O) groups is 1. The molecule has 1 aliphatic rings. The second-order valence-electron chi connectivity index (χ2n) is 10.2. The van der Waals surface area contributed by atoms with Gasteiger partial charge < -0.3 is 18.6 Å². The maximum absolute atomic E-state index is 15.3. The maximum Gasteiger partial charge on any atom is 0.341 e. The molecular weight excluding hydrogens is 468 g/mol. The van der Waals surface area contributed by atoms with E-state index in [1.807, 2.05) is 36.4 Å². The van der Waals surface area contributed by atoms with Crippen LogP contribution in [0, 0.1) is 11.3 Å². The van der Waals surface area contributed by atoms with Crippen LogP contribution in [0.4, 0.5) is 0 Å². The fourth-order valence-corrected chi connectivity index (χ4v) is 6.24. The van der Waals surface area contributed by atoms with Gasteiger partial charge >= 0.3 is 10.5 Å². The number of rotatable bonds is 6. The van der Waals surface area contributed by atoms with Gasteiger partial charge in [0, 0.05) is 5.56 Å². The molecule has 187 valence electrons. The predicted molar refractivity (Wildman–Crippen MR) is 142 cm³/mol. The summed E-state index contributed by atoms with van der Waals surface area (Å²) >= 11 is 0. The standard InChI is InChI=1S/C30H33O5Si/c1-29(2,3)22-18-17-21-23(25(35-36)27(34-6)26(33-5)24(21)32-4)28(31)30(22,19-13-9-7-10-14-19)20-15-11-8-12-16-20/h7-16,22H,17-18H2,1-6H3. The Bertz CT molecular complexity index is 1190. The van der Waals surface area contributed by atoms with Gasteiger partial charge in [0.05, 0.1) is 32.3 Å². The van der Waals surface area contributed by atoms with Gasteiger partial charge in [-0.1, -0.05) is 81.4 Å². The van der Waals surface area contributed by atoms with Gasteiger partial charge in [-0.05, 0) is 35.3 Å². The highest BCUT2D eigenvalue weighted by atomic mass is 28.2. The van der Waals surface area contributed by atoms with E-state index in [0.29, 0.717) is 29.2 Å². The van der Waals surface area contributed by atoms with Gasteiger partial charge in [0.25, 0.3) is 0 Å². The molecule has 0 saturated carbocycles. The lowest BCUT2D eigenvalue weighted by Gasteiger charge is -2.46. The van der Waals surface area contributed by atoms with E-state index >= 15 is 4.79 Å². The van der Waals surface area contributed by atoms with Crippen molar-refractivity contribution in [3.8, 4) is 23.0 Å². The van der Waals surface area contributed by atoms with Crippen LogP contribution in [-0.4, -0.2) is 37.6 Å². The number of fused-ring (bicyclic) bond motifs is 1. The van der Waals surface area contributed by atoms with Crippen LogP contribution >= 0.6 is 0 Å². The smallest absolute Gasteiger partial charge is 0.341 e. The molecule has 3 radical (unpaired) electrons. The third kappa shape index (κ3) is 3.88. The first-order valence-corrected chi connectivity index (χ1v) is 12.5. The molecule has 0 bridgehead atoms. The Hall–Kier alpha value is -3.25. The topological polar surface area (TPSA) is 54.0 Å². The molecule has 0 heterocycles. The summed E-state index contributed by atoms with van der Waals surface area (Å²) in [5.41, 5.74) is 1.91. The average molecular weight is 502 g/mol. The first-order chi connectivity index (χ1) is 17.3. The van der Waals surface area contributed by atoms with Crippen LogP contribution in [0.15, 0.2) is 60.7 Å². The fraction of sp³-hybridized carbons (Fsp3) is 0.367. The van der Waals surface area contributed by atoms with Gasteiger partial charge in [-0.3, -0.25) is 4.79 Å². The van der Waals surface area contributed by atoms with Crippen molar-refractivity contribution in [3.05, 3.63) is 82.9 Å². The van der Waals surface area contributed by atoms with Gasteiger partial charge in [-0.2, -0.15) is 0 Å². The molecule has 5 nitrogen and oxygen atoms in total. The Labute approximate surface area is 217 Å². The summed E-state index contributed by atoms with van der Waals surface area (Å²) in [6, 6.07) is 20.2. The third-order valence-corrected chi connectivity index (χ3v) is 7.63. The van der Waals surface area contributed by atoms with Crippen molar-refractivity contribution < 1.29 is 23.4 Å². The number of benzene rings is 3. The van der Waals surface area contributed by atoms with Crippen LogP contribution in [0.2, 0.25) is 0 Å². The minimum atomic E-state index is -0.976. The molecule has 0 aliphatic heterocycles. The Morgan fingerprint density at radius 2 is 1.25 bits per heavy atom. The summed E-state index contributed by atoms with van der Waals surface area (Å²) in [5.74, 6) is 1.39. The molecule has 3 aromatic carbocycles. The molecule has 0 fully saturated rings. The largest absolute Gasteiger partial charge is 0.537 e. The number of hydrogen-bond acceptors (Lipinski definition) is 5. The molecule has 1 aliphatic carbocycles. The van der Waals surface area contributed by atoms with Crippen LogP contribution in [0.25, 0.3) is 0 Å². The molecule has 0 aromatic heterocycles. The van der Waals surface area contributed by atoms with Gasteiger partial charge in [-0.25, -0.2) is 0 Å². The zero-order chi connectivity index (χ0) is 26.1. The van der Waals surface area contributed by atoms with Crippen molar-refractivity contribution in [2.75, 3.05) is 21.3 Å². The highest BCUT2D eigenvalue weighted by Crippen LogP contribution is 2.58. The summed E-state index contributed by atoms with van der Waals surface area (Å²) in [6.07, 6.45) is 1.36. The normalized spacial score (nSPS) is 17.1. The summed E-state index contributed by atoms with van der Waals surface area (Å²) in [4.78, 5) is 15.3. The third-order valence-electron chi connectivity index (χ3n) is 7.43. The Kier molecular flexibility index (Phi) is 7.18. The van der Waals surface area contributed by atoms with E-state index in [4.69, 9.17) is 18.6 Å². The molecular formula is C30H33O5Si. The molecule has 6 heteroatoms. The number of ketones is 1. The quantitative estimate of drug-likeness (QED) is 0.309. The minimum Gasteiger partial charge on any atom is -0.537 e. The number of ether oxygens (including phenoxy) is 3. The maximum atomic E-state index is 15.3. The second-order valence-corrected chi connectivity index (χ2v) is 10.4. The lowest BCUT2D eigenvalue weighted by Crippen LogP contribution is -2.48. The van der Waals surface area contributed by atoms with Gasteiger partial charge in [0.15, 0.2) is 17.3 Å². The Balaban J connectivity index is 2.21. The summed E-state index contributed by atoms with van der Waals surface area (Å²) < 4.78 is 23.0. The van der Waals surface area contributed by atoms with E-state index in [0.717, 1.165) is 23.1 Å². The highest BCUT2D eigenvalue weighted by molar-refractivity contribution is 6.13. The Morgan fingerprint density at radius 3 is 1.67 bits per heavy atom. The van der Waals surface area contributed by atoms with Gasteiger partial charge in [-0.15, -0.1) is 0 Å². The van der Waals surface area contributed by atoms with Gasteiger partial charge in [0.2, 0.25) is 11.5 Å². The van der Waals surface area contributed by atoms with Crippen molar-refractivity contribution in [2.24, 2.45) is 11.3 Å². The van der Waals surface area contributed by atoms with Crippen LogP contribution in [0.1, 0.15) is 54.2 Å². The zero-order valence-corrected chi connectivity index (χ0v) is 22.8. The van der Waals surface area contributed by atoms with E-state index in [9.17, 15) is 0 Å². The van der Waals surface area contributed by atoms with Crippen LogP contribution in [0.3, 0.4) is 0 Å². The van der Waals surface area contributed by atoms with Gasteiger partial charge in [0.1, 0.15) is 0 Å². The summed E-state index contributed by atoms with van der Waals surface area (Å²) in [6.45, 7) is 6.63. The lowest BCUT2D eigenvalue weighted by molar-refractivity contribution is 0.0739. The SMILES string of the molecule is COc1c2c(c(O[Si])c(OC)c1OC)C(=O)C(c1ccccc1)(c1ccccc1)C(C(C)(C)C)CC2. The predicted octanol–water partition coefficient (Wildman–Crippen LogP) is 5.95. The van der Waals surface area contributed by atoms with E-state index in [1.54, 1.807) is 14.2 Å². The second kappa shape index (κ2) is 10.0. The van der Waals surface area contributed by atoms with Crippen LogP contribution < -0.4 is 18.6 Å². The average Bonchev–Trinajstić information content (AvgIpc) is 3.03. The molecule has 0 amide bonds. The molecule has 1 unspecified atom stereocenters. The molecule has 0 N–H and O–H groups in total.